The second-order valence-electron chi connectivity index (χ2n) is 4.26. The highest BCUT2D eigenvalue weighted by Gasteiger charge is 2.05. The van der Waals surface area contributed by atoms with Crippen LogP contribution >= 0.6 is 0 Å². The van der Waals surface area contributed by atoms with E-state index in [1.54, 1.807) is 0 Å². The number of rotatable bonds is 4. The summed E-state index contributed by atoms with van der Waals surface area (Å²) in [5.74, 6) is 0. The molecule has 0 radical (unpaired) electrons. The first-order valence-electron chi connectivity index (χ1n) is 6.00. The number of aliphatic hydroxyl groups excluding tert-OH is 1. The Balaban J connectivity index is 2.48. The van der Waals surface area contributed by atoms with E-state index in [0.717, 1.165) is 27.8 Å². The molecule has 2 aromatic carbocycles. The molecule has 0 heterocycles. The zero-order valence-corrected chi connectivity index (χ0v) is 10.3. The lowest BCUT2D eigenvalue weighted by atomic mass is 9.96. The summed E-state index contributed by atoms with van der Waals surface area (Å²) in [7, 11) is 0. The lowest BCUT2D eigenvalue weighted by molar-refractivity contribution is 0.282. The molecule has 0 aromatic heterocycles. The first kappa shape index (κ1) is 12.8. The summed E-state index contributed by atoms with van der Waals surface area (Å²) in [6.07, 6.45) is 0. The third-order valence-corrected chi connectivity index (χ3v) is 3.05. The van der Waals surface area contributed by atoms with Crippen LogP contribution in [0, 0.1) is 0 Å². The van der Waals surface area contributed by atoms with Crippen molar-refractivity contribution in [2.75, 3.05) is 0 Å². The standard InChI is InChI=1S/C15H18N2O/c16-8-11-4-5-15(14(6-11)9-17)13-3-1-2-12(7-13)10-18/h1-7,18H,8-10,16-17H2. The number of benzene rings is 2. The second-order valence-corrected chi connectivity index (χ2v) is 4.26. The summed E-state index contributed by atoms with van der Waals surface area (Å²) in [6.45, 7) is 1.04. The molecule has 0 saturated heterocycles. The highest BCUT2D eigenvalue weighted by Crippen LogP contribution is 2.25. The van der Waals surface area contributed by atoms with Crippen LogP contribution in [0.25, 0.3) is 11.1 Å². The Kier molecular flexibility index (Phi) is 4.10. The Hall–Kier alpha value is -1.68. The normalized spacial score (nSPS) is 10.6. The Morgan fingerprint density at radius 3 is 2.39 bits per heavy atom. The largest absolute Gasteiger partial charge is 0.392 e. The summed E-state index contributed by atoms with van der Waals surface area (Å²) in [6, 6.07) is 14.0. The average molecular weight is 242 g/mol. The van der Waals surface area contributed by atoms with Crippen LogP contribution in [0.3, 0.4) is 0 Å². The lowest BCUT2D eigenvalue weighted by Gasteiger charge is -2.11. The van der Waals surface area contributed by atoms with Crippen LogP contribution in [0.4, 0.5) is 0 Å². The van der Waals surface area contributed by atoms with Gasteiger partial charge in [0.05, 0.1) is 6.61 Å². The maximum atomic E-state index is 9.18. The van der Waals surface area contributed by atoms with Gasteiger partial charge in [-0.25, -0.2) is 0 Å². The second kappa shape index (κ2) is 5.78. The van der Waals surface area contributed by atoms with Gasteiger partial charge in [-0.1, -0.05) is 36.4 Å². The predicted octanol–water partition coefficient (Wildman–Crippen LogP) is 1.76. The Bertz CT molecular complexity index is 538. The summed E-state index contributed by atoms with van der Waals surface area (Å²) >= 11 is 0. The lowest BCUT2D eigenvalue weighted by Crippen LogP contribution is -2.03. The molecule has 3 nitrogen and oxygen atoms in total. The molecule has 3 heteroatoms. The molecular formula is C15H18N2O. The van der Waals surface area contributed by atoms with Crippen molar-refractivity contribution in [2.24, 2.45) is 11.5 Å². The number of aliphatic hydroxyl groups is 1. The molecule has 0 aliphatic carbocycles. The van der Waals surface area contributed by atoms with E-state index >= 15 is 0 Å². The van der Waals surface area contributed by atoms with Crippen LogP contribution < -0.4 is 11.5 Å². The van der Waals surface area contributed by atoms with E-state index in [1.807, 2.05) is 42.5 Å². The molecule has 0 amide bonds. The Morgan fingerprint density at radius 1 is 0.889 bits per heavy atom. The van der Waals surface area contributed by atoms with Crippen molar-refractivity contribution in [2.45, 2.75) is 19.7 Å². The first-order valence-corrected chi connectivity index (χ1v) is 6.00. The molecule has 5 N–H and O–H groups in total. The van der Waals surface area contributed by atoms with Gasteiger partial charge in [-0.3, -0.25) is 0 Å². The highest BCUT2D eigenvalue weighted by molar-refractivity contribution is 5.68. The molecule has 2 rings (SSSR count). The van der Waals surface area contributed by atoms with Crippen LogP contribution in [-0.4, -0.2) is 5.11 Å². The van der Waals surface area contributed by atoms with Gasteiger partial charge in [0, 0.05) is 13.1 Å². The number of hydrogen-bond acceptors (Lipinski definition) is 3. The highest BCUT2D eigenvalue weighted by atomic mass is 16.3. The van der Waals surface area contributed by atoms with Gasteiger partial charge in [0.25, 0.3) is 0 Å². The van der Waals surface area contributed by atoms with Crippen LogP contribution in [-0.2, 0) is 19.7 Å². The first-order chi connectivity index (χ1) is 8.78. The zero-order chi connectivity index (χ0) is 13.0. The molecule has 94 valence electrons. The third-order valence-electron chi connectivity index (χ3n) is 3.05. The molecule has 0 spiro atoms. The van der Waals surface area contributed by atoms with Crippen LogP contribution in [0.5, 0.6) is 0 Å². The van der Waals surface area contributed by atoms with Crippen LogP contribution in [0.2, 0.25) is 0 Å². The van der Waals surface area contributed by atoms with Crippen molar-refractivity contribution < 1.29 is 5.11 Å². The van der Waals surface area contributed by atoms with Gasteiger partial charge in [-0.15, -0.1) is 0 Å². The Labute approximate surface area is 107 Å². The molecule has 0 aliphatic heterocycles. The summed E-state index contributed by atoms with van der Waals surface area (Å²) < 4.78 is 0. The zero-order valence-electron chi connectivity index (χ0n) is 10.3. The third kappa shape index (κ3) is 2.59. The summed E-state index contributed by atoms with van der Waals surface area (Å²) in [5.41, 5.74) is 16.7. The fourth-order valence-corrected chi connectivity index (χ4v) is 2.06. The van der Waals surface area contributed by atoms with E-state index in [1.165, 1.54) is 0 Å². The van der Waals surface area contributed by atoms with Gasteiger partial charge in [0.1, 0.15) is 0 Å². The van der Waals surface area contributed by atoms with Crippen molar-refractivity contribution in [3.63, 3.8) is 0 Å². The number of hydrogen-bond donors (Lipinski definition) is 3. The molecule has 0 unspecified atom stereocenters. The molecule has 0 saturated carbocycles. The summed E-state index contributed by atoms with van der Waals surface area (Å²) in [5, 5.41) is 9.18. The molecule has 0 bridgehead atoms. The molecule has 0 fully saturated rings. The van der Waals surface area contributed by atoms with Crippen LogP contribution in [0.1, 0.15) is 16.7 Å². The van der Waals surface area contributed by atoms with Crippen molar-refractivity contribution in [1.29, 1.82) is 0 Å². The van der Waals surface area contributed by atoms with Gasteiger partial charge >= 0.3 is 0 Å². The van der Waals surface area contributed by atoms with Gasteiger partial charge in [-0.2, -0.15) is 0 Å². The van der Waals surface area contributed by atoms with Crippen LogP contribution in [0.15, 0.2) is 42.5 Å². The monoisotopic (exact) mass is 242 g/mol. The van der Waals surface area contributed by atoms with Gasteiger partial charge in [0.15, 0.2) is 0 Å². The van der Waals surface area contributed by atoms with E-state index in [9.17, 15) is 5.11 Å². The summed E-state index contributed by atoms with van der Waals surface area (Å²) in [4.78, 5) is 0. The minimum Gasteiger partial charge on any atom is -0.392 e. The number of nitrogens with two attached hydrogens (primary N) is 2. The van der Waals surface area contributed by atoms with E-state index in [4.69, 9.17) is 11.5 Å². The van der Waals surface area contributed by atoms with Gasteiger partial charge < -0.3 is 16.6 Å². The maximum Gasteiger partial charge on any atom is 0.0682 e. The minimum absolute atomic E-state index is 0.0483. The molecule has 2 aromatic rings. The van der Waals surface area contributed by atoms with E-state index in [2.05, 4.69) is 0 Å². The van der Waals surface area contributed by atoms with Gasteiger partial charge in [-0.05, 0) is 33.9 Å². The fraction of sp³-hybridized carbons (Fsp3) is 0.200. The smallest absolute Gasteiger partial charge is 0.0682 e. The SMILES string of the molecule is NCc1ccc(-c2cccc(CO)c2)c(CN)c1. The van der Waals surface area contributed by atoms with Crippen molar-refractivity contribution in [3.8, 4) is 11.1 Å². The van der Waals surface area contributed by atoms with Crippen molar-refractivity contribution in [1.82, 2.24) is 0 Å². The quantitative estimate of drug-likeness (QED) is 0.765. The fourth-order valence-electron chi connectivity index (χ4n) is 2.06. The van der Waals surface area contributed by atoms with E-state index in [0.29, 0.717) is 13.1 Å². The topological polar surface area (TPSA) is 72.3 Å². The molecule has 18 heavy (non-hydrogen) atoms. The van der Waals surface area contributed by atoms with Crippen molar-refractivity contribution in [3.05, 3.63) is 59.2 Å². The van der Waals surface area contributed by atoms with Crippen molar-refractivity contribution >= 4 is 0 Å². The predicted molar refractivity (Wildman–Crippen MR) is 73.6 cm³/mol. The minimum atomic E-state index is 0.0483. The average Bonchev–Trinajstić information content (AvgIpc) is 2.46. The maximum absolute atomic E-state index is 9.18. The van der Waals surface area contributed by atoms with E-state index < -0.39 is 0 Å². The molecular weight excluding hydrogens is 224 g/mol. The Morgan fingerprint density at radius 2 is 1.72 bits per heavy atom. The van der Waals surface area contributed by atoms with Gasteiger partial charge in [0.2, 0.25) is 0 Å². The molecule has 0 atom stereocenters. The molecule has 0 aliphatic rings. The van der Waals surface area contributed by atoms with E-state index in [-0.39, 0.29) is 6.61 Å².